The molecule has 18 heavy (non-hydrogen) atoms. The van der Waals surface area contributed by atoms with Gasteiger partial charge < -0.3 is 4.90 Å². The van der Waals surface area contributed by atoms with Gasteiger partial charge in [0.2, 0.25) is 11.9 Å². The van der Waals surface area contributed by atoms with Gasteiger partial charge in [-0.25, -0.2) is 0 Å². The van der Waals surface area contributed by atoms with Gasteiger partial charge in [-0.1, -0.05) is 18.2 Å². The van der Waals surface area contributed by atoms with Gasteiger partial charge in [-0.15, -0.1) is 0 Å². The summed E-state index contributed by atoms with van der Waals surface area (Å²) >= 11 is 0. The molecule has 0 aromatic heterocycles. The number of rotatable bonds is 1. The van der Waals surface area contributed by atoms with E-state index in [9.17, 15) is 9.59 Å². The molecule has 0 spiro atoms. The van der Waals surface area contributed by atoms with Gasteiger partial charge in [-0.2, -0.15) is 4.99 Å². The predicted octanol–water partition coefficient (Wildman–Crippen LogP) is 0.777. The zero-order valence-electron chi connectivity index (χ0n) is 9.80. The van der Waals surface area contributed by atoms with E-state index in [2.05, 4.69) is 10.3 Å². The lowest BCUT2D eigenvalue weighted by atomic mass is 10.2. The highest BCUT2D eigenvalue weighted by molar-refractivity contribution is 6.12. The SMILES string of the molecule is O=C(N=C1NC(=O)[C@@H]2CCCN12)c1ccccc1. The van der Waals surface area contributed by atoms with Crippen molar-refractivity contribution in [3.05, 3.63) is 35.9 Å². The van der Waals surface area contributed by atoms with Gasteiger partial charge in [0.25, 0.3) is 5.91 Å². The number of carbonyl (C=O) groups excluding carboxylic acids is 2. The number of aliphatic imine (C=N–C) groups is 1. The lowest BCUT2D eigenvalue weighted by Gasteiger charge is -2.13. The highest BCUT2D eigenvalue weighted by Gasteiger charge is 2.40. The molecule has 5 heteroatoms. The molecule has 1 aromatic carbocycles. The highest BCUT2D eigenvalue weighted by atomic mass is 16.2. The number of guanidine groups is 1. The first-order valence-corrected chi connectivity index (χ1v) is 6.01. The van der Waals surface area contributed by atoms with Crippen molar-refractivity contribution in [3.8, 4) is 0 Å². The van der Waals surface area contributed by atoms with Crippen LogP contribution in [0.4, 0.5) is 0 Å². The van der Waals surface area contributed by atoms with Gasteiger partial charge in [0.1, 0.15) is 6.04 Å². The lowest BCUT2D eigenvalue weighted by molar-refractivity contribution is -0.120. The number of benzene rings is 1. The molecule has 5 nitrogen and oxygen atoms in total. The summed E-state index contributed by atoms with van der Waals surface area (Å²) in [4.78, 5) is 29.5. The monoisotopic (exact) mass is 243 g/mol. The van der Waals surface area contributed by atoms with Crippen molar-refractivity contribution in [3.63, 3.8) is 0 Å². The third-order valence-corrected chi connectivity index (χ3v) is 3.29. The Morgan fingerprint density at radius 3 is 2.89 bits per heavy atom. The molecule has 1 atom stereocenters. The van der Waals surface area contributed by atoms with Crippen molar-refractivity contribution >= 4 is 17.8 Å². The van der Waals surface area contributed by atoms with E-state index in [0.717, 1.165) is 19.4 Å². The Bertz CT molecular complexity index is 524. The van der Waals surface area contributed by atoms with Crippen LogP contribution in [0.3, 0.4) is 0 Å². The average molecular weight is 243 g/mol. The molecule has 0 radical (unpaired) electrons. The van der Waals surface area contributed by atoms with Crippen LogP contribution in [0.5, 0.6) is 0 Å². The summed E-state index contributed by atoms with van der Waals surface area (Å²) in [6, 6.07) is 8.72. The maximum atomic E-state index is 11.9. The molecule has 1 aromatic rings. The fourth-order valence-electron chi connectivity index (χ4n) is 2.39. The quantitative estimate of drug-likeness (QED) is 0.792. The Labute approximate surface area is 105 Å². The van der Waals surface area contributed by atoms with Crippen molar-refractivity contribution < 1.29 is 9.59 Å². The summed E-state index contributed by atoms with van der Waals surface area (Å²) in [6.45, 7) is 0.782. The lowest BCUT2D eigenvalue weighted by Crippen LogP contribution is -2.31. The van der Waals surface area contributed by atoms with Gasteiger partial charge in [0, 0.05) is 12.1 Å². The summed E-state index contributed by atoms with van der Waals surface area (Å²) in [7, 11) is 0. The molecule has 0 aliphatic carbocycles. The first-order valence-electron chi connectivity index (χ1n) is 6.01. The molecule has 2 amide bonds. The smallest absolute Gasteiger partial charge is 0.280 e. The molecule has 2 aliphatic heterocycles. The summed E-state index contributed by atoms with van der Waals surface area (Å²) < 4.78 is 0. The Morgan fingerprint density at radius 2 is 2.11 bits per heavy atom. The van der Waals surface area contributed by atoms with E-state index >= 15 is 0 Å². The molecule has 0 bridgehead atoms. The standard InChI is InChI=1S/C13H13N3O2/c17-11(9-5-2-1-3-6-9)14-13-15-12(18)10-7-4-8-16(10)13/h1-3,5-6,10H,4,7-8H2,(H,14,15,17,18)/t10-/m0/s1. The third-order valence-electron chi connectivity index (χ3n) is 3.29. The number of hydrogen-bond acceptors (Lipinski definition) is 2. The van der Waals surface area contributed by atoms with Crippen molar-refractivity contribution in [2.24, 2.45) is 4.99 Å². The Hall–Kier alpha value is -2.17. The summed E-state index contributed by atoms with van der Waals surface area (Å²) in [5.74, 6) is 0.0296. The van der Waals surface area contributed by atoms with Crippen molar-refractivity contribution in [2.45, 2.75) is 18.9 Å². The topological polar surface area (TPSA) is 61.8 Å². The molecular weight excluding hydrogens is 230 g/mol. The normalized spacial score (nSPS) is 24.2. The van der Waals surface area contributed by atoms with E-state index in [1.807, 2.05) is 11.0 Å². The molecule has 0 unspecified atom stereocenters. The largest absolute Gasteiger partial charge is 0.330 e. The van der Waals surface area contributed by atoms with Gasteiger partial charge >= 0.3 is 0 Å². The number of hydrogen-bond donors (Lipinski definition) is 1. The molecule has 2 fully saturated rings. The highest BCUT2D eigenvalue weighted by Crippen LogP contribution is 2.21. The van der Waals surface area contributed by atoms with E-state index in [0.29, 0.717) is 11.5 Å². The molecule has 2 aliphatic rings. The zero-order chi connectivity index (χ0) is 12.5. The first-order chi connectivity index (χ1) is 8.75. The Kier molecular flexibility index (Phi) is 2.59. The molecule has 2 heterocycles. The Morgan fingerprint density at radius 1 is 1.33 bits per heavy atom. The summed E-state index contributed by atoms with van der Waals surface area (Å²) in [5.41, 5.74) is 0.530. The minimum absolute atomic E-state index is 0.0490. The maximum absolute atomic E-state index is 11.9. The van der Waals surface area contributed by atoms with Gasteiger partial charge in [0.15, 0.2) is 0 Å². The van der Waals surface area contributed by atoms with Gasteiger partial charge in [-0.05, 0) is 25.0 Å². The number of fused-ring (bicyclic) bond motifs is 1. The van der Waals surface area contributed by atoms with Crippen LogP contribution in [-0.4, -0.2) is 35.3 Å². The number of carbonyl (C=O) groups is 2. The second kappa shape index (κ2) is 4.25. The van der Waals surface area contributed by atoms with Crippen molar-refractivity contribution in [1.29, 1.82) is 0 Å². The third kappa shape index (κ3) is 1.77. The van der Waals surface area contributed by atoms with Crippen molar-refractivity contribution in [1.82, 2.24) is 10.2 Å². The number of nitrogens with zero attached hydrogens (tertiary/aromatic N) is 2. The van der Waals surface area contributed by atoms with Crippen LogP contribution in [0.25, 0.3) is 0 Å². The van der Waals surface area contributed by atoms with E-state index in [-0.39, 0.29) is 17.9 Å². The van der Waals surface area contributed by atoms with E-state index in [1.165, 1.54) is 0 Å². The molecular formula is C13H13N3O2. The number of nitrogens with one attached hydrogen (secondary N) is 1. The van der Waals surface area contributed by atoms with E-state index in [1.54, 1.807) is 24.3 Å². The maximum Gasteiger partial charge on any atom is 0.280 e. The molecule has 3 rings (SSSR count). The fraction of sp³-hybridized carbons (Fsp3) is 0.308. The first kappa shape index (κ1) is 11.0. The van der Waals surface area contributed by atoms with Crippen LogP contribution >= 0.6 is 0 Å². The molecule has 0 saturated carbocycles. The van der Waals surface area contributed by atoms with Gasteiger partial charge in [-0.3, -0.25) is 14.9 Å². The predicted molar refractivity (Wildman–Crippen MR) is 66.1 cm³/mol. The fourth-order valence-corrected chi connectivity index (χ4v) is 2.39. The second-order valence-electron chi connectivity index (χ2n) is 4.45. The zero-order valence-corrected chi connectivity index (χ0v) is 9.80. The van der Waals surface area contributed by atoms with E-state index in [4.69, 9.17) is 0 Å². The summed E-state index contributed by atoms with van der Waals surface area (Å²) in [5, 5.41) is 2.67. The molecule has 1 N–H and O–H groups in total. The minimum Gasteiger partial charge on any atom is -0.330 e. The average Bonchev–Trinajstić information content (AvgIpc) is 2.97. The van der Waals surface area contributed by atoms with Crippen LogP contribution in [-0.2, 0) is 4.79 Å². The molecule has 2 saturated heterocycles. The van der Waals surface area contributed by atoms with E-state index < -0.39 is 0 Å². The summed E-state index contributed by atoms with van der Waals surface area (Å²) in [6.07, 6.45) is 1.81. The van der Waals surface area contributed by atoms with Crippen LogP contribution in [0.2, 0.25) is 0 Å². The van der Waals surface area contributed by atoms with Crippen LogP contribution < -0.4 is 5.32 Å². The van der Waals surface area contributed by atoms with Crippen molar-refractivity contribution in [2.75, 3.05) is 6.54 Å². The van der Waals surface area contributed by atoms with Gasteiger partial charge in [0.05, 0.1) is 0 Å². The Balaban J connectivity index is 1.85. The second-order valence-corrected chi connectivity index (χ2v) is 4.45. The van der Waals surface area contributed by atoms with Crippen LogP contribution in [0.15, 0.2) is 35.3 Å². The molecule has 92 valence electrons. The van der Waals surface area contributed by atoms with Crippen LogP contribution in [0.1, 0.15) is 23.2 Å². The number of amides is 2. The minimum atomic E-state index is -0.321. The van der Waals surface area contributed by atoms with Crippen LogP contribution in [0, 0.1) is 0 Å².